The van der Waals surface area contributed by atoms with Gasteiger partial charge in [-0.3, -0.25) is 9.36 Å². The van der Waals surface area contributed by atoms with Crippen molar-refractivity contribution < 1.29 is 4.79 Å². The van der Waals surface area contributed by atoms with Gasteiger partial charge in [-0.1, -0.05) is 13.8 Å². The van der Waals surface area contributed by atoms with Crippen LogP contribution in [0.5, 0.6) is 0 Å². The maximum absolute atomic E-state index is 11.5. The molecule has 0 unspecified atom stereocenters. The maximum Gasteiger partial charge on any atom is 0.235 e. The van der Waals surface area contributed by atoms with E-state index in [4.69, 9.17) is 0 Å². The lowest BCUT2D eigenvalue weighted by atomic mass is 10.2. The number of amides is 1. The van der Waals surface area contributed by atoms with Crippen molar-refractivity contribution in [2.75, 3.05) is 5.32 Å². The van der Waals surface area contributed by atoms with Gasteiger partial charge < -0.3 is 5.32 Å². The Kier molecular flexibility index (Phi) is 3.59. The molecule has 0 fully saturated rings. The van der Waals surface area contributed by atoms with E-state index in [1.54, 1.807) is 18.7 Å². The molecule has 6 heteroatoms. The quantitative estimate of drug-likeness (QED) is 0.913. The van der Waals surface area contributed by atoms with E-state index in [2.05, 4.69) is 20.3 Å². The zero-order chi connectivity index (χ0) is 14.0. The van der Waals surface area contributed by atoms with Crippen LogP contribution < -0.4 is 5.32 Å². The second kappa shape index (κ2) is 5.17. The van der Waals surface area contributed by atoms with Gasteiger partial charge in [0.1, 0.15) is 6.33 Å². The number of nitrogens with one attached hydrogen (secondary N) is 1. The number of aromatic nitrogens is 4. The van der Waals surface area contributed by atoms with Crippen LogP contribution in [-0.2, 0) is 4.79 Å². The molecule has 0 aliphatic rings. The van der Waals surface area contributed by atoms with E-state index in [1.165, 1.54) is 0 Å². The van der Waals surface area contributed by atoms with Gasteiger partial charge in [-0.2, -0.15) is 0 Å². The van der Waals surface area contributed by atoms with Crippen molar-refractivity contribution in [1.82, 2.24) is 19.5 Å². The molecule has 2 aromatic rings. The second-order valence-electron chi connectivity index (χ2n) is 4.70. The zero-order valence-electron chi connectivity index (χ0n) is 11.5. The molecule has 0 aliphatic carbocycles. The van der Waals surface area contributed by atoms with Crippen molar-refractivity contribution in [2.24, 2.45) is 5.92 Å². The Bertz CT molecular complexity index is 586. The van der Waals surface area contributed by atoms with Crippen LogP contribution in [0.3, 0.4) is 0 Å². The number of nitrogens with zero attached hydrogens (tertiary/aromatic N) is 4. The largest absolute Gasteiger partial charge is 0.323 e. The molecule has 6 nitrogen and oxygen atoms in total. The fraction of sp³-hybridized carbons (Fsp3) is 0.385. The van der Waals surface area contributed by atoms with E-state index in [0.29, 0.717) is 11.6 Å². The Morgan fingerprint density at radius 1 is 1.21 bits per heavy atom. The van der Waals surface area contributed by atoms with Crippen LogP contribution in [0, 0.1) is 19.8 Å². The van der Waals surface area contributed by atoms with Gasteiger partial charge in [0.25, 0.3) is 0 Å². The topological polar surface area (TPSA) is 72.7 Å². The molecule has 2 rings (SSSR count). The smallest absolute Gasteiger partial charge is 0.235 e. The van der Waals surface area contributed by atoms with Crippen molar-refractivity contribution in [3.8, 4) is 5.95 Å². The highest BCUT2D eigenvalue weighted by molar-refractivity contribution is 5.91. The number of imidazole rings is 1. The number of hydrogen-bond donors (Lipinski definition) is 1. The third-order valence-electron chi connectivity index (χ3n) is 2.90. The Balaban J connectivity index is 2.19. The predicted molar refractivity (Wildman–Crippen MR) is 72.1 cm³/mol. The first-order valence-corrected chi connectivity index (χ1v) is 6.13. The number of hydrogen-bond acceptors (Lipinski definition) is 4. The van der Waals surface area contributed by atoms with Crippen LogP contribution in [0.1, 0.15) is 25.2 Å². The second-order valence-corrected chi connectivity index (χ2v) is 4.70. The van der Waals surface area contributed by atoms with E-state index >= 15 is 0 Å². The summed E-state index contributed by atoms with van der Waals surface area (Å²) in [5, 5.41) is 2.75. The van der Waals surface area contributed by atoms with Crippen molar-refractivity contribution >= 4 is 11.6 Å². The molecule has 0 saturated carbocycles. The summed E-state index contributed by atoms with van der Waals surface area (Å²) in [6, 6.07) is 0. The van der Waals surface area contributed by atoms with Crippen molar-refractivity contribution in [3.63, 3.8) is 0 Å². The Hall–Kier alpha value is -2.24. The third-order valence-corrected chi connectivity index (χ3v) is 2.90. The van der Waals surface area contributed by atoms with Gasteiger partial charge in [0.2, 0.25) is 11.9 Å². The van der Waals surface area contributed by atoms with Crippen LogP contribution in [-0.4, -0.2) is 25.4 Å². The summed E-state index contributed by atoms with van der Waals surface area (Å²) in [4.78, 5) is 24.2. The van der Waals surface area contributed by atoms with Gasteiger partial charge in [0.15, 0.2) is 0 Å². The highest BCUT2D eigenvalue weighted by Crippen LogP contribution is 2.11. The molecule has 0 aromatic carbocycles. The number of carbonyl (C=O) groups is 1. The van der Waals surface area contributed by atoms with E-state index in [-0.39, 0.29) is 11.8 Å². The first kappa shape index (κ1) is 13.2. The van der Waals surface area contributed by atoms with Crippen molar-refractivity contribution in [3.05, 3.63) is 30.1 Å². The summed E-state index contributed by atoms with van der Waals surface area (Å²) in [6.07, 6.45) is 4.88. The van der Waals surface area contributed by atoms with E-state index in [0.717, 1.165) is 11.4 Å². The van der Waals surface area contributed by atoms with Crippen LogP contribution in [0.2, 0.25) is 0 Å². The van der Waals surface area contributed by atoms with Gasteiger partial charge in [-0.05, 0) is 13.8 Å². The number of rotatable bonds is 3. The van der Waals surface area contributed by atoms with Gasteiger partial charge in [0, 0.05) is 11.6 Å². The lowest BCUT2D eigenvalue weighted by molar-refractivity contribution is -0.118. The molecule has 0 saturated heterocycles. The van der Waals surface area contributed by atoms with Crippen molar-refractivity contribution in [2.45, 2.75) is 27.7 Å². The monoisotopic (exact) mass is 259 g/mol. The highest BCUT2D eigenvalue weighted by atomic mass is 16.1. The van der Waals surface area contributed by atoms with Crippen molar-refractivity contribution in [1.29, 1.82) is 0 Å². The van der Waals surface area contributed by atoms with E-state index in [9.17, 15) is 4.79 Å². The van der Waals surface area contributed by atoms with Crippen LogP contribution in [0.25, 0.3) is 5.95 Å². The minimum absolute atomic E-state index is 0.0500. The number of aryl methyl sites for hydroxylation is 1. The Morgan fingerprint density at radius 2 is 1.84 bits per heavy atom. The Labute approximate surface area is 111 Å². The molecule has 0 bridgehead atoms. The molecule has 0 aliphatic heterocycles. The normalized spacial score (nSPS) is 10.8. The lowest BCUT2D eigenvalue weighted by Gasteiger charge is -2.08. The van der Waals surface area contributed by atoms with Crippen LogP contribution in [0.4, 0.5) is 5.69 Å². The molecule has 100 valence electrons. The van der Waals surface area contributed by atoms with Crippen LogP contribution >= 0.6 is 0 Å². The molecule has 1 amide bonds. The molecule has 0 spiro atoms. The average molecular weight is 259 g/mol. The highest BCUT2D eigenvalue weighted by Gasteiger charge is 2.09. The number of anilines is 1. The van der Waals surface area contributed by atoms with Gasteiger partial charge >= 0.3 is 0 Å². The first-order valence-electron chi connectivity index (χ1n) is 6.13. The molecule has 2 heterocycles. The lowest BCUT2D eigenvalue weighted by Crippen LogP contribution is -2.18. The van der Waals surface area contributed by atoms with Crippen LogP contribution in [0.15, 0.2) is 18.7 Å². The molecule has 19 heavy (non-hydrogen) atoms. The minimum atomic E-state index is -0.0711. The minimum Gasteiger partial charge on any atom is -0.323 e. The van der Waals surface area contributed by atoms with Gasteiger partial charge in [-0.15, -0.1) is 0 Å². The molecule has 0 atom stereocenters. The summed E-state index contributed by atoms with van der Waals surface area (Å²) in [5.74, 6) is 0.421. The van der Waals surface area contributed by atoms with Gasteiger partial charge in [0.05, 0.1) is 23.8 Å². The summed E-state index contributed by atoms with van der Waals surface area (Å²) in [5.41, 5.74) is 2.54. The maximum atomic E-state index is 11.5. The third kappa shape index (κ3) is 2.78. The summed E-state index contributed by atoms with van der Waals surface area (Å²) < 4.78 is 1.81. The van der Waals surface area contributed by atoms with E-state index in [1.807, 2.05) is 32.3 Å². The Morgan fingerprint density at radius 3 is 2.32 bits per heavy atom. The molecular formula is C13H17N5O. The molecule has 2 aromatic heterocycles. The molecule has 0 radical (unpaired) electrons. The zero-order valence-corrected chi connectivity index (χ0v) is 11.5. The van der Waals surface area contributed by atoms with Gasteiger partial charge in [-0.25, -0.2) is 15.0 Å². The SMILES string of the molecule is Cc1ncn(-c2ncc(NC(=O)C(C)C)cn2)c1C. The first-order chi connectivity index (χ1) is 8.99. The van der Waals surface area contributed by atoms with E-state index < -0.39 is 0 Å². The fourth-order valence-electron chi connectivity index (χ4n) is 1.50. The average Bonchev–Trinajstić information content (AvgIpc) is 2.71. The number of carbonyl (C=O) groups excluding carboxylic acids is 1. The molecular weight excluding hydrogens is 242 g/mol. The standard InChI is InChI=1S/C13H17N5O/c1-8(2)12(19)17-11-5-14-13(15-6-11)18-7-16-9(3)10(18)4/h5-8H,1-4H3,(H,17,19). The predicted octanol–water partition coefficient (Wildman–Crippen LogP) is 1.87. The summed E-state index contributed by atoms with van der Waals surface area (Å²) >= 11 is 0. The molecule has 1 N–H and O–H groups in total. The summed E-state index contributed by atoms with van der Waals surface area (Å²) in [7, 11) is 0. The fourth-order valence-corrected chi connectivity index (χ4v) is 1.50. The summed E-state index contributed by atoms with van der Waals surface area (Å²) in [6.45, 7) is 7.56.